The van der Waals surface area contributed by atoms with E-state index in [0.717, 1.165) is 42.7 Å². The van der Waals surface area contributed by atoms with Crippen LogP contribution in [0, 0.1) is 0 Å². The molecule has 1 amide bonds. The molecule has 1 aromatic rings. The first-order valence-electron chi connectivity index (χ1n) is 7.93. The van der Waals surface area contributed by atoms with E-state index < -0.39 is 0 Å². The Balaban J connectivity index is 1.42. The summed E-state index contributed by atoms with van der Waals surface area (Å²) < 4.78 is 10.6. The zero-order valence-corrected chi connectivity index (χ0v) is 12.9. The van der Waals surface area contributed by atoms with Crippen LogP contribution in [-0.2, 0) is 11.2 Å². The van der Waals surface area contributed by atoms with Gasteiger partial charge in [-0.3, -0.25) is 10.2 Å². The van der Waals surface area contributed by atoms with Crippen molar-refractivity contribution < 1.29 is 14.3 Å². The number of hydrogen-bond donors (Lipinski definition) is 3. The highest BCUT2D eigenvalue weighted by atomic mass is 16.7. The van der Waals surface area contributed by atoms with Crippen molar-refractivity contribution in [2.24, 2.45) is 0 Å². The van der Waals surface area contributed by atoms with Crippen molar-refractivity contribution in [3.8, 4) is 11.5 Å². The smallest absolute Gasteiger partial charge is 0.238 e. The quantitative estimate of drug-likeness (QED) is 0.734. The fraction of sp³-hybridized carbons (Fsp3) is 0.562. The molecule has 120 valence electrons. The summed E-state index contributed by atoms with van der Waals surface area (Å²) in [4.78, 5) is 12.1. The van der Waals surface area contributed by atoms with Crippen molar-refractivity contribution in [1.29, 1.82) is 0 Å². The molecular weight excluding hydrogens is 282 g/mol. The molecule has 1 fully saturated rings. The third-order valence-electron chi connectivity index (χ3n) is 4.09. The lowest BCUT2D eigenvalue weighted by molar-refractivity contribution is -0.122. The van der Waals surface area contributed by atoms with Crippen molar-refractivity contribution in [2.75, 3.05) is 13.3 Å². The number of hydrazine groups is 1. The van der Waals surface area contributed by atoms with Gasteiger partial charge in [0.1, 0.15) is 6.04 Å². The van der Waals surface area contributed by atoms with Crippen molar-refractivity contribution in [3.63, 3.8) is 0 Å². The van der Waals surface area contributed by atoms with Gasteiger partial charge in [-0.05, 0) is 37.0 Å². The van der Waals surface area contributed by atoms with Gasteiger partial charge in [0.15, 0.2) is 11.5 Å². The molecule has 0 saturated carbocycles. The van der Waals surface area contributed by atoms with Crippen LogP contribution in [0.1, 0.15) is 31.7 Å². The average Bonchev–Trinajstić information content (AvgIpc) is 3.16. The van der Waals surface area contributed by atoms with Crippen LogP contribution in [-0.4, -0.2) is 31.3 Å². The summed E-state index contributed by atoms with van der Waals surface area (Å²) in [5.41, 5.74) is 7.39. The first-order chi connectivity index (χ1) is 10.8. The molecule has 2 aliphatic rings. The first-order valence-corrected chi connectivity index (χ1v) is 7.93. The molecule has 2 atom stereocenters. The van der Waals surface area contributed by atoms with E-state index in [1.807, 2.05) is 18.2 Å². The Morgan fingerprint density at radius 1 is 1.32 bits per heavy atom. The number of fused-ring (bicyclic) bond motifs is 1. The van der Waals surface area contributed by atoms with E-state index in [1.165, 1.54) is 0 Å². The number of hydrogen-bond acceptors (Lipinski definition) is 5. The van der Waals surface area contributed by atoms with Crippen molar-refractivity contribution >= 4 is 5.91 Å². The molecule has 2 heterocycles. The molecular formula is C16H23N3O3. The van der Waals surface area contributed by atoms with Crippen molar-refractivity contribution in [1.82, 2.24) is 16.2 Å². The highest BCUT2D eigenvalue weighted by Crippen LogP contribution is 2.32. The maximum absolute atomic E-state index is 12.1. The van der Waals surface area contributed by atoms with E-state index in [9.17, 15) is 4.79 Å². The number of rotatable bonds is 6. The van der Waals surface area contributed by atoms with Crippen LogP contribution in [0.25, 0.3) is 0 Å². The van der Waals surface area contributed by atoms with Gasteiger partial charge in [0.2, 0.25) is 12.7 Å². The average molecular weight is 305 g/mol. The van der Waals surface area contributed by atoms with E-state index >= 15 is 0 Å². The van der Waals surface area contributed by atoms with Crippen molar-refractivity contribution in [3.05, 3.63) is 23.8 Å². The van der Waals surface area contributed by atoms with Crippen LogP contribution in [0.15, 0.2) is 18.2 Å². The molecule has 1 saturated heterocycles. The molecule has 3 rings (SSSR count). The fourth-order valence-electron chi connectivity index (χ4n) is 2.88. The van der Waals surface area contributed by atoms with Crippen LogP contribution in [0.2, 0.25) is 0 Å². The Bertz CT molecular complexity index is 535. The molecule has 6 nitrogen and oxygen atoms in total. The normalized spacial score (nSPS) is 22.8. The van der Waals surface area contributed by atoms with Gasteiger partial charge in [-0.25, -0.2) is 5.43 Å². The van der Waals surface area contributed by atoms with Crippen LogP contribution in [0.4, 0.5) is 0 Å². The summed E-state index contributed by atoms with van der Waals surface area (Å²) in [6.07, 6.45) is 3.84. The number of ether oxygens (including phenoxy) is 2. The zero-order chi connectivity index (χ0) is 15.4. The zero-order valence-electron chi connectivity index (χ0n) is 12.9. The molecule has 22 heavy (non-hydrogen) atoms. The van der Waals surface area contributed by atoms with E-state index in [4.69, 9.17) is 9.47 Å². The van der Waals surface area contributed by atoms with E-state index in [0.29, 0.717) is 12.6 Å². The highest BCUT2D eigenvalue weighted by molar-refractivity contribution is 5.82. The third-order valence-corrected chi connectivity index (χ3v) is 4.09. The van der Waals surface area contributed by atoms with E-state index in [-0.39, 0.29) is 18.7 Å². The first kappa shape index (κ1) is 15.1. The number of carbonyl (C=O) groups excluding carboxylic acids is 1. The Kier molecular flexibility index (Phi) is 4.80. The molecule has 0 spiro atoms. The second kappa shape index (κ2) is 6.98. The standard InChI is InChI=1S/C16H23N3O3/c1-2-3-12-9-13(19-18-12)16(20)17-7-6-11-4-5-14-15(8-11)22-10-21-14/h4-5,8,12-13,18-19H,2-3,6-7,9-10H2,1H3,(H,17,20). The van der Waals surface area contributed by atoms with Gasteiger partial charge < -0.3 is 14.8 Å². The summed E-state index contributed by atoms with van der Waals surface area (Å²) in [5.74, 6) is 1.63. The number of benzene rings is 1. The molecule has 1 aromatic carbocycles. The molecule has 6 heteroatoms. The predicted molar refractivity (Wildman–Crippen MR) is 82.7 cm³/mol. The molecule has 2 unspecified atom stereocenters. The summed E-state index contributed by atoms with van der Waals surface area (Å²) in [7, 11) is 0. The van der Waals surface area contributed by atoms with Gasteiger partial charge in [-0.1, -0.05) is 19.4 Å². The topological polar surface area (TPSA) is 71.6 Å². The minimum absolute atomic E-state index is 0.0619. The minimum Gasteiger partial charge on any atom is -0.454 e. The summed E-state index contributed by atoms with van der Waals surface area (Å²) in [6.45, 7) is 3.06. The van der Waals surface area contributed by atoms with Crippen LogP contribution < -0.4 is 25.6 Å². The van der Waals surface area contributed by atoms with Gasteiger partial charge in [-0.2, -0.15) is 0 Å². The van der Waals surface area contributed by atoms with Crippen LogP contribution in [0.3, 0.4) is 0 Å². The molecule has 2 aliphatic heterocycles. The number of amides is 1. The van der Waals surface area contributed by atoms with E-state index in [1.54, 1.807) is 0 Å². The molecule has 0 bridgehead atoms. The maximum atomic E-state index is 12.1. The number of nitrogens with one attached hydrogen (secondary N) is 3. The van der Waals surface area contributed by atoms with Gasteiger partial charge in [0.05, 0.1) is 0 Å². The number of carbonyl (C=O) groups is 1. The lowest BCUT2D eigenvalue weighted by Crippen LogP contribution is -2.43. The largest absolute Gasteiger partial charge is 0.454 e. The SMILES string of the molecule is CCCC1CC(C(=O)NCCc2ccc3c(c2)OCO3)NN1. The third kappa shape index (κ3) is 3.51. The lowest BCUT2D eigenvalue weighted by atomic mass is 10.1. The lowest BCUT2D eigenvalue weighted by Gasteiger charge is -2.10. The molecule has 0 radical (unpaired) electrons. The summed E-state index contributed by atoms with van der Waals surface area (Å²) in [5, 5.41) is 2.99. The van der Waals surface area contributed by atoms with Gasteiger partial charge in [0, 0.05) is 12.6 Å². The highest BCUT2D eigenvalue weighted by Gasteiger charge is 2.28. The molecule has 0 aromatic heterocycles. The molecule has 3 N–H and O–H groups in total. The molecule has 0 aliphatic carbocycles. The van der Waals surface area contributed by atoms with Crippen molar-refractivity contribution in [2.45, 2.75) is 44.7 Å². The van der Waals surface area contributed by atoms with Crippen LogP contribution in [0.5, 0.6) is 11.5 Å². The Hall–Kier alpha value is -1.79. The minimum atomic E-state index is -0.131. The fourth-order valence-corrected chi connectivity index (χ4v) is 2.88. The van der Waals surface area contributed by atoms with E-state index in [2.05, 4.69) is 23.1 Å². The monoisotopic (exact) mass is 305 g/mol. The van der Waals surface area contributed by atoms with Gasteiger partial charge >= 0.3 is 0 Å². The maximum Gasteiger partial charge on any atom is 0.238 e. The predicted octanol–water partition coefficient (Wildman–Crippen LogP) is 1.11. The summed E-state index contributed by atoms with van der Waals surface area (Å²) >= 11 is 0. The second-order valence-electron chi connectivity index (χ2n) is 5.79. The van der Waals surface area contributed by atoms with Gasteiger partial charge in [0.25, 0.3) is 0 Å². The Labute approximate surface area is 130 Å². The Morgan fingerprint density at radius 2 is 2.18 bits per heavy atom. The Morgan fingerprint density at radius 3 is 3.05 bits per heavy atom. The second-order valence-corrected chi connectivity index (χ2v) is 5.79. The van der Waals surface area contributed by atoms with Crippen LogP contribution >= 0.6 is 0 Å². The summed E-state index contributed by atoms with van der Waals surface area (Å²) in [6, 6.07) is 6.16. The van der Waals surface area contributed by atoms with Gasteiger partial charge in [-0.15, -0.1) is 0 Å².